The number of likely N-dealkylation sites (tertiary alicyclic amines) is 1. The number of ether oxygens (including phenoxy) is 4. The lowest BCUT2D eigenvalue weighted by molar-refractivity contribution is -0.118. The van der Waals surface area contributed by atoms with Crippen molar-refractivity contribution in [3.8, 4) is 22.9 Å². The van der Waals surface area contributed by atoms with Gasteiger partial charge in [-0.15, -0.1) is 0 Å². The van der Waals surface area contributed by atoms with Crippen LogP contribution >= 0.6 is 0 Å². The third kappa shape index (κ3) is 8.28. The van der Waals surface area contributed by atoms with Gasteiger partial charge in [-0.2, -0.15) is 0 Å². The number of cyclic esters (lactones) is 1. The summed E-state index contributed by atoms with van der Waals surface area (Å²) >= 11 is 0. The molecule has 3 aliphatic heterocycles. The molecule has 13 heteroatoms. The maximum absolute atomic E-state index is 12.5. The Morgan fingerprint density at radius 3 is 2.79 bits per heavy atom. The second-order valence-electron chi connectivity index (χ2n) is 12.9. The summed E-state index contributed by atoms with van der Waals surface area (Å²) in [6.45, 7) is 8.94. The number of nitrogens with zero attached hydrogens (tertiary/aromatic N) is 4. The summed E-state index contributed by atoms with van der Waals surface area (Å²) in [6, 6.07) is 17.3. The first-order valence-electron chi connectivity index (χ1n) is 15.9. The van der Waals surface area contributed by atoms with Gasteiger partial charge >= 0.3 is 12.2 Å². The minimum atomic E-state index is -0.514. The number of aromatic nitrogens is 2. The fourth-order valence-corrected chi connectivity index (χ4v) is 5.62. The van der Waals surface area contributed by atoms with Gasteiger partial charge in [-0.3, -0.25) is 9.69 Å². The Morgan fingerprint density at radius 1 is 1.09 bits per heavy atom. The molecule has 0 saturated carbocycles. The molecule has 2 saturated heterocycles. The maximum atomic E-state index is 12.5. The van der Waals surface area contributed by atoms with Crippen molar-refractivity contribution < 1.29 is 33.3 Å². The van der Waals surface area contributed by atoms with E-state index in [-0.39, 0.29) is 30.6 Å². The number of amides is 3. The fraction of sp³-hybridized carbons (Fsp3) is 0.441. The average molecular weight is 645 g/mol. The van der Waals surface area contributed by atoms with Crippen molar-refractivity contribution in [3.05, 3.63) is 60.2 Å². The zero-order valence-electron chi connectivity index (χ0n) is 26.9. The Hall–Kier alpha value is -4.91. The van der Waals surface area contributed by atoms with Crippen LogP contribution in [0.2, 0.25) is 0 Å². The number of carbonyl (C=O) groups excluding carboxylic acids is 3. The van der Waals surface area contributed by atoms with E-state index in [1.807, 2.05) is 51.1 Å². The number of nitrogens with one attached hydrogen (secondary N) is 2. The number of benzene rings is 1. The van der Waals surface area contributed by atoms with E-state index < -0.39 is 11.7 Å². The largest absolute Gasteiger partial charge is 0.480 e. The maximum Gasteiger partial charge on any atom is 0.415 e. The predicted molar refractivity (Wildman–Crippen MR) is 173 cm³/mol. The summed E-state index contributed by atoms with van der Waals surface area (Å²) in [5, 5.41) is 6.10. The number of fused-ring (bicyclic) bond motifs is 1. The summed E-state index contributed by atoms with van der Waals surface area (Å²) < 4.78 is 22.5. The molecule has 2 aromatic heterocycles. The molecule has 2 atom stereocenters. The highest BCUT2D eigenvalue weighted by Gasteiger charge is 2.34. The van der Waals surface area contributed by atoms with Gasteiger partial charge < -0.3 is 34.5 Å². The quantitative estimate of drug-likeness (QED) is 0.300. The molecule has 0 radical (unpaired) electrons. The molecule has 2 N–H and O–H groups in total. The number of anilines is 2. The molecule has 3 amide bonds. The van der Waals surface area contributed by atoms with Crippen molar-refractivity contribution in [2.45, 2.75) is 51.9 Å². The van der Waals surface area contributed by atoms with Crippen LogP contribution in [0.15, 0.2) is 54.6 Å². The third-order valence-electron chi connectivity index (χ3n) is 7.93. The second kappa shape index (κ2) is 13.8. The Kier molecular flexibility index (Phi) is 9.43. The van der Waals surface area contributed by atoms with Gasteiger partial charge in [-0.1, -0.05) is 24.3 Å². The van der Waals surface area contributed by atoms with E-state index in [1.54, 1.807) is 17.0 Å². The molecule has 1 aromatic carbocycles. The fourth-order valence-electron chi connectivity index (χ4n) is 5.62. The summed E-state index contributed by atoms with van der Waals surface area (Å²) in [7, 11) is 0. The highest BCUT2D eigenvalue weighted by molar-refractivity contribution is 5.95. The number of rotatable bonds is 10. The van der Waals surface area contributed by atoms with Gasteiger partial charge in [0.15, 0.2) is 18.2 Å². The van der Waals surface area contributed by atoms with Crippen molar-refractivity contribution in [1.82, 2.24) is 20.2 Å². The van der Waals surface area contributed by atoms with Crippen molar-refractivity contribution in [1.29, 1.82) is 0 Å². The first kappa shape index (κ1) is 32.0. The Bertz CT molecular complexity index is 1630. The van der Waals surface area contributed by atoms with Crippen molar-refractivity contribution in [3.63, 3.8) is 0 Å². The molecule has 0 aliphatic carbocycles. The van der Waals surface area contributed by atoms with E-state index in [0.717, 1.165) is 23.2 Å². The van der Waals surface area contributed by atoms with Crippen molar-refractivity contribution in [2.75, 3.05) is 49.6 Å². The zero-order valence-corrected chi connectivity index (χ0v) is 26.9. The van der Waals surface area contributed by atoms with Gasteiger partial charge in [0.05, 0.1) is 18.8 Å². The number of pyridine rings is 2. The van der Waals surface area contributed by atoms with Crippen LogP contribution in [-0.2, 0) is 20.8 Å². The van der Waals surface area contributed by atoms with Crippen LogP contribution in [0.3, 0.4) is 0 Å². The van der Waals surface area contributed by atoms with E-state index in [1.165, 1.54) is 4.90 Å². The molecular formula is C34H40N6O7. The van der Waals surface area contributed by atoms with Crippen molar-refractivity contribution >= 4 is 29.7 Å². The van der Waals surface area contributed by atoms with Crippen LogP contribution in [0.1, 0.15) is 39.2 Å². The van der Waals surface area contributed by atoms with Gasteiger partial charge in [0.1, 0.15) is 17.5 Å². The Morgan fingerprint density at radius 2 is 1.94 bits per heavy atom. The smallest absolute Gasteiger partial charge is 0.415 e. The predicted octanol–water partition coefficient (Wildman–Crippen LogP) is 4.62. The average Bonchev–Trinajstić information content (AvgIpc) is 3.68. The van der Waals surface area contributed by atoms with Crippen LogP contribution in [0.25, 0.3) is 11.3 Å². The second-order valence-corrected chi connectivity index (χ2v) is 12.9. The topological polar surface area (TPSA) is 144 Å². The summed E-state index contributed by atoms with van der Waals surface area (Å²) in [6.07, 6.45) is 0.447. The first-order chi connectivity index (χ1) is 22.6. The standard InChI is InChI=1S/C34H40N6O7/c1-34(2,3)47-32(42)39-15-13-23(18-39)20-45-30-9-5-8-26(36-30)24-7-4-6-22(16-24)17-35-14-12-25-19-40(33(43)46-25)28-11-10-27-31(37-28)38-29(41)21-44-27/h4-11,16,23,25,35H,12-15,17-21H2,1-3H3,(H,37,38,41). The van der Waals surface area contributed by atoms with E-state index >= 15 is 0 Å². The molecule has 2 unspecified atom stereocenters. The van der Waals surface area contributed by atoms with Gasteiger partial charge in [-0.05, 0) is 70.0 Å². The van der Waals surface area contributed by atoms with Crippen LogP contribution in [-0.4, -0.2) is 84.1 Å². The lowest BCUT2D eigenvalue weighted by atomic mass is 10.1. The summed E-state index contributed by atoms with van der Waals surface area (Å²) in [5.74, 6) is 1.65. The van der Waals surface area contributed by atoms with Crippen LogP contribution in [0.5, 0.6) is 11.6 Å². The van der Waals surface area contributed by atoms with Crippen LogP contribution < -0.4 is 25.0 Å². The SMILES string of the molecule is CC(C)(C)OC(=O)N1CCC(COc2cccc(-c3cccc(CNCCC4CN(c5ccc6c(n5)NC(=O)CO6)C(=O)O4)c3)n2)C1. The van der Waals surface area contributed by atoms with E-state index in [9.17, 15) is 14.4 Å². The van der Waals surface area contributed by atoms with Crippen LogP contribution in [0, 0.1) is 5.92 Å². The zero-order chi connectivity index (χ0) is 33.0. The lowest BCUT2D eigenvalue weighted by Gasteiger charge is -2.24. The van der Waals surface area contributed by atoms with Gasteiger partial charge in [0.2, 0.25) is 5.88 Å². The normalized spacial score (nSPS) is 19.1. The molecular weight excluding hydrogens is 604 g/mol. The highest BCUT2D eigenvalue weighted by Crippen LogP contribution is 2.30. The van der Waals surface area contributed by atoms with Gasteiger partial charge in [0.25, 0.3) is 5.91 Å². The Balaban J connectivity index is 0.956. The molecule has 2 fully saturated rings. The first-order valence-corrected chi connectivity index (χ1v) is 15.9. The van der Waals surface area contributed by atoms with Gasteiger partial charge in [0, 0.05) is 37.2 Å². The van der Waals surface area contributed by atoms with Gasteiger partial charge in [-0.25, -0.2) is 19.6 Å². The number of carbonyl (C=O) groups is 3. The molecule has 0 spiro atoms. The molecule has 3 aromatic rings. The monoisotopic (exact) mass is 644 g/mol. The molecule has 3 aliphatic rings. The number of hydrogen-bond acceptors (Lipinski definition) is 10. The number of hydrogen-bond donors (Lipinski definition) is 2. The van der Waals surface area contributed by atoms with E-state index in [4.69, 9.17) is 23.9 Å². The van der Waals surface area contributed by atoms with E-state index in [2.05, 4.69) is 27.8 Å². The van der Waals surface area contributed by atoms with Crippen LogP contribution in [0.4, 0.5) is 21.2 Å². The molecule has 13 nitrogen and oxygen atoms in total. The molecule has 6 rings (SSSR count). The molecule has 47 heavy (non-hydrogen) atoms. The lowest BCUT2D eigenvalue weighted by Crippen LogP contribution is -2.35. The summed E-state index contributed by atoms with van der Waals surface area (Å²) in [5.41, 5.74) is 2.37. The molecule has 248 valence electrons. The summed E-state index contributed by atoms with van der Waals surface area (Å²) in [4.78, 5) is 48.9. The molecule has 5 heterocycles. The Labute approximate surface area is 273 Å². The van der Waals surface area contributed by atoms with Crippen molar-refractivity contribution in [2.24, 2.45) is 5.92 Å². The molecule has 0 bridgehead atoms. The van der Waals surface area contributed by atoms with E-state index in [0.29, 0.717) is 69.0 Å². The minimum Gasteiger partial charge on any atom is -0.480 e. The third-order valence-corrected chi connectivity index (χ3v) is 7.93. The highest BCUT2D eigenvalue weighted by atomic mass is 16.6. The minimum absolute atomic E-state index is 0.0569.